The largest absolute Gasteiger partial charge is 0.508 e. The molecule has 0 aliphatic rings. The second-order valence-electron chi connectivity index (χ2n) is 2.77. The normalized spacial score (nSPS) is 10.6. The summed E-state index contributed by atoms with van der Waals surface area (Å²) in [7, 11) is 0. The molecule has 0 aromatic heterocycles. The molecule has 2 aromatic carbocycles. The molecule has 13 heavy (non-hydrogen) atoms. The number of fused-ring (bicyclic) bond motifs is 1. The third kappa shape index (κ3) is 1.45. The van der Waals surface area contributed by atoms with Crippen molar-refractivity contribution >= 4 is 34.0 Å². The molecule has 0 saturated carbocycles. The van der Waals surface area contributed by atoms with Crippen LogP contribution in [0.15, 0.2) is 30.3 Å². The van der Waals surface area contributed by atoms with Crippen molar-refractivity contribution in [1.29, 1.82) is 0 Å². The highest BCUT2D eigenvalue weighted by Crippen LogP contribution is 2.32. The molecule has 2 rings (SSSR count). The lowest BCUT2D eigenvalue weighted by Crippen LogP contribution is -1.75. The Balaban J connectivity index is 2.87. The van der Waals surface area contributed by atoms with Crippen LogP contribution in [0.1, 0.15) is 0 Å². The van der Waals surface area contributed by atoms with Crippen molar-refractivity contribution in [2.45, 2.75) is 0 Å². The van der Waals surface area contributed by atoms with Crippen molar-refractivity contribution in [2.24, 2.45) is 0 Å². The Kier molecular flexibility index (Phi) is 2.06. The van der Waals surface area contributed by atoms with Crippen LogP contribution in [0.25, 0.3) is 10.8 Å². The molecule has 0 unspecified atom stereocenters. The monoisotopic (exact) mass is 212 g/mol. The summed E-state index contributed by atoms with van der Waals surface area (Å²) in [6.45, 7) is 0. The summed E-state index contributed by atoms with van der Waals surface area (Å²) < 4.78 is 0. The molecule has 0 saturated heterocycles. The molecule has 1 nitrogen and oxygen atoms in total. The van der Waals surface area contributed by atoms with Crippen LogP contribution in [0.5, 0.6) is 5.75 Å². The predicted octanol–water partition coefficient (Wildman–Crippen LogP) is 3.85. The topological polar surface area (TPSA) is 20.2 Å². The first-order chi connectivity index (χ1) is 6.18. The van der Waals surface area contributed by atoms with Crippen molar-refractivity contribution in [3.05, 3.63) is 40.4 Å². The molecule has 3 heteroatoms. The fourth-order valence-electron chi connectivity index (χ4n) is 1.25. The Morgan fingerprint density at radius 3 is 2.54 bits per heavy atom. The number of phenols is 1. The van der Waals surface area contributed by atoms with Gasteiger partial charge in [-0.05, 0) is 29.7 Å². The highest BCUT2D eigenvalue weighted by molar-refractivity contribution is 6.45. The van der Waals surface area contributed by atoms with Crippen LogP contribution in [0.3, 0.4) is 0 Å². The molecular weight excluding hydrogens is 207 g/mol. The average molecular weight is 213 g/mol. The van der Waals surface area contributed by atoms with Gasteiger partial charge in [-0.15, -0.1) is 0 Å². The Bertz CT molecular complexity index is 466. The summed E-state index contributed by atoms with van der Waals surface area (Å²) in [6.07, 6.45) is 0. The highest BCUT2D eigenvalue weighted by Gasteiger charge is 2.03. The molecule has 0 radical (unpaired) electrons. The lowest BCUT2D eigenvalue weighted by atomic mass is 10.1. The van der Waals surface area contributed by atoms with Crippen LogP contribution in [0.2, 0.25) is 10.0 Å². The van der Waals surface area contributed by atoms with E-state index < -0.39 is 0 Å². The summed E-state index contributed by atoms with van der Waals surface area (Å²) in [4.78, 5) is 0. The first-order valence-electron chi connectivity index (χ1n) is 3.75. The van der Waals surface area contributed by atoms with Crippen LogP contribution in [0.4, 0.5) is 0 Å². The van der Waals surface area contributed by atoms with E-state index in [0.29, 0.717) is 10.0 Å². The zero-order valence-electron chi connectivity index (χ0n) is 6.59. The van der Waals surface area contributed by atoms with E-state index >= 15 is 0 Å². The standard InChI is InChI=1S/C10H6Cl2O/c11-9-4-1-6-5-7(13)2-3-8(6)10(9)12/h1-5,13H. The Morgan fingerprint density at radius 2 is 1.77 bits per heavy atom. The lowest BCUT2D eigenvalue weighted by Gasteiger charge is -2.02. The molecule has 0 atom stereocenters. The van der Waals surface area contributed by atoms with Gasteiger partial charge in [0.05, 0.1) is 10.0 Å². The van der Waals surface area contributed by atoms with Crippen molar-refractivity contribution in [2.75, 3.05) is 0 Å². The molecule has 0 aliphatic heterocycles. The summed E-state index contributed by atoms with van der Waals surface area (Å²) in [5.74, 6) is 0.228. The van der Waals surface area contributed by atoms with E-state index in [1.165, 1.54) is 0 Å². The minimum absolute atomic E-state index is 0.228. The van der Waals surface area contributed by atoms with E-state index in [1.54, 1.807) is 24.3 Å². The second-order valence-corrected chi connectivity index (χ2v) is 3.55. The van der Waals surface area contributed by atoms with Crippen LogP contribution >= 0.6 is 23.2 Å². The van der Waals surface area contributed by atoms with Crippen molar-refractivity contribution in [1.82, 2.24) is 0 Å². The van der Waals surface area contributed by atoms with E-state index in [2.05, 4.69) is 0 Å². The molecule has 1 N–H and O–H groups in total. The van der Waals surface area contributed by atoms with Gasteiger partial charge in [-0.3, -0.25) is 0 Å². The van der Waals surface area contributed by atoms with Gasteiger partial charge in [0.1, 0.15) is 5.75 Å². The summed E-state index contributed by atoms with van der Waals surface area (Å²) in [6, 6.07) is 8.52. The average Bonchev–Trinajstić information content (AvgIpc) is 2.12. The zero-order valence-corrected chi connectivity index (χ0v) is 8.10. The molecule has 66 valence electrons. The molecule has 0 fully saturated rings. The maximum Gasteiger partial charge on any atom is 0.116 e. The molecule has 0 aliphatic carbocycles. The number of benzene rings is 2. The molecule has 0 amide bonds. The third-order valence-corrected chi connectivity index (χ3v) is 2.71. The number of hydrogen-bond acceptors (Lipinski definition) is 1. The SMILES string of the molecule is Oc1ccc2c(Cl)c(Cl)ccc2c1. The smallest absolute Gasteiger partial charge is 0.116 e. The fourth-order valence-corrected chi connectivity index (χ4v) is 1.65. The summed E-state index contributed by atoms with van der Waals surface area (Å²) in [5.41, 5.74) is 0. The molecule has 0 heterocycles. The lowest BCUT2D eigenvalue weighted by molar-refractivity contribution is 0.476. The van der Waals surface area contributed by atoms with Gasteiger partial charge >= 0.3 is 0 Å². The third-order valence-electron chi connectivity index (χ3n) is 1.89. The summed E-state index contributed by atoms with van der Waals surface area (Å²) >= 11 is 11.8. The van der Waals surface area contributed by atoms with Gasteiger partial charge in [0.15, 0.2) is 0 Å². The van der Waals surface area contributed by atoms with Crippen LogP contribution < -0.4 is 0 Å². The van der Waals surface area contributed by atoms with E-state index in [0.717, 1.165) is 10.8 Å². The predicted molar refractivity (Wildman–Crippen MR) is 55.6 cm³/mol. The van der Waals surface area contributed by atoms with Crippen LogP contribution in [-0.2, 0) is 0 Å². The van der Waals surface area contributed by atoms with Crippen LogP contribution in [0, 0.1) is 0 Å². The van der Waals surface area contributed by atoms with Crippen molar-refractivity contribution in [3.8, 4) is 5.75 Å². The van der Waals surface area contributed by atoms with E-state index in [4.69, 9.17) is 23.2 Å². The molecule has 2 aromatic rings. The minimum atomic E-state index is 0.228. The molecule has 0 bridgehead atoms. The van der Waals surface area contributed by atoms with E-state index in [-0.39, 0.29) is 5.75 Å². The van der Waals surface area contributed by atoms with Crippen LogP contribution in [-0.4, -0.2) is 5.11 Å². The van der Waals surface area contributed by atoms with Gasteiger partial charge in [-0.25, -0.2) is 0 Å². The zero-order chi connectivity index (χ0) is 9.42. The Hall–Kier alpha value is -0.920. The van der Waals surface area contributed by atoms with Gasteiger partial charge in [0, 0.05) is 5.39 Å². The Morgan fingerprint density at radius 1 is 1.00 bits per heavy atom. The van der Waals surface area contributed by atoms with Gasteiger partial charge in [-0.1, -0.05) is 29.3 Å². The summed E-state index contributed by atoms with van der Waals surface area (Å²) in [5, 5.41) is 12.0. The minimum Gasteiger partial charge on any atom is -0.508 e. The maximum absolute atomic E-state index is 9.21. The van der Waals surface area contributed by atoms with E-state index in [1.807, 2.05) is 6.07 Å². The number of rotatable bonds is 0. The van der Waals surface area contributed by atoms with Crippen molar-refractivity contribution in [3.63, 3.8) is 0 Å². The first kappa shape index (κ1) is 8.67. The van der Waals surface area contributed by atoms with Gasteiger partial charge in [0.2, 0.25) is 0 Å². The van der Waals surface area contributed by atoms with Gasteiger partial charge in [0.25, 0.3) is 0 Å². The number of halogens is 2. The van der Waals surface area contributed by atoms with E-state index in [9.17, 15) is 5.11 Å². The Labute approximate surface area is 85.5 Å². The highest BCUT2D eigenvalue weighted by atomic mass is 35.5. The number of phenolic OH excluding ortho intramolecular Hbond substituents is 1. The second kappa shape index (κ2) is 3.09. The van der Waals surface area contributed by atoms with Gasteiger partial charge < -0.3 is 5.11 Å². The number of aromatic hydroxyl groups is 1. The first-order valence-corrected chi connectivity index (χ1v) is 4.51. The maximum atomic E-state index is 9.21. The number of hydrogen-bond donors (Lipinski definition) is 1. The molecule has 0 spiro atoms. The molecular formula is C10H6Cl2O. The van der Waals surface area contributed by atoms with Gasteiger partial charge in [-0.2, -0.15) is 0 Å². The quantitative estimate of drug-likeness (QED) is 0.704. The fraction of sp³-hybridized carbons (Fsp3) is 0. The van der Waals surface area contributed by atoms with Crippen molar-refractivity contribution < 1.29 is 5.11 Å².